The molecule has 0 aromatic carbocycles. The number of hydrogen-bond donors (Lipinski definition) is 0. The van der Waals surface area contributed by atoms with Crippen molar-refractivity contribution in [1.82, 2.24) is 0 Å². The lowest BCUT2D eigenvalue weighted by Crippen LogP contribution is -2.57. The Kier molecular flexibility index (Phi) is 3.12. The highest BCUT2D eigenvalue weighted by molar-refractivity contribution is 5.80. The zero-order valence-electron chi connectivity index (χ0n) is 12.8. The Bertz CT molecular complexity index is 456. The highest BCUT2D eigenvalue weighted by atomic mass is 16.5. The van der Waals surface area contributed by atoms with Gasteiger partial charge in [-0.05, 0) is 48.9 Å². The molecule has 0 spiro atoms. The van der Waals surface area contributed by atoms with Gasteiger partial charge in [-0.25, -0.2) is 0 Å². The molecule has 0 aliphatic heterocycles. The molecule has 3 heteroatoms. The molecule has 4 fully saturated rings. The standard InChI is InChI=1S/C17H25NO2/c1-11-13-8-12(16(13,2)3)9-14(11)20-15(19)17(10-18)6-4-5-7-17/h11-14H,4-9H2,1-3H3. The predicted octanol–water partition coefficient (Wildman–Crippen LogP) is 3.68. The van der Waals surface area contributed by atoms with Gasteiger partial charge < -0.3 is 4.74 Å². The summed E-state index contributed by atoms with van der Waals surface area (Å²) in [6, 6.07) is 2.25. The minimum absolute atomic E-state index is 0.0325. The molecule has 0 N–H and O–H groups in total. The smallest absolute Gasteiger partial charge is 0.326 e. The van der Waals surface area contributed by atoms with E-state index in [1.165, 1.54) is 6.42 Å². The number of carbonyl (C=O) groups is 1. The van der Waals surface area contributed by atoms with Gasteiger partial charge in [0.25, 0.3) is 0 Å². The third-order valence-corrected chi connectivity index (χ3v) is 6.60. The van der Waals surface area contributed by atoms with E-state index in [-0.39, 0.29) is 12.1 Å². The van der Waals surface area contributed by atoms with Crippen LogP contribution in [0, 0.1) is 39.9 Å². The summed E-state index contributed by atoms with van der Waals surface area (Å²) in [5.41, 5.74) is -0.431. The largest absolute Gasteiger partial charge is 0.461 e. The number of rotatable bonds is 2. The van der Waals surface area contributed by atoms with Gasteiger partial charge in [-0.2, -0.15) is 5.26 Å². The van der Waals surface area contributed by atoms with Crippen LogP contribution in [-0.4, -0.2) is 12.1 Å². The quantitative estimate of drug-likeness (QED) is 0.722. The summed E-state index contributed by atoms with van der Waals surface area (Å²) in [5, 5.41) is 9.38. The average Bonchev–Trinajstić information content (AvgIpc) is 2.90. The van der Waals surface area contributed by atoms with Crippen LogP contribution in [-0.2, 0) is 9.53 Å². The fourth-order valence-corrected chi connectivity index (χ4v) is 4.85. The van der Waals surface area contributed by atoms with Crippen molar-refractivity contribution in [2.45, 2.75) is 65.4 Å². The van der Waals surface area contributed by atoms with Gasteiger partial charge >= 0.3 is 5.97 Å². The van der Waals surface area contributed by atoms with Crippen molar-refractivity contribution in [3.8, 4) is 6.07 Å². The summed E-state index contributed by atoms with van der Waals surface area (Å²) < 4.78 is 5.81. The first kappa shape index (κ1) is 13.9. The summed E-state index contributed by atoms with van der Waals surface area (Å²) in [4.78, 5) is 12.5. The van der Waals surface area contributed by atoms with Crippen molar-refractivity contribution < 1.29 is 9.53 Å². The fraction of sp³-hybridized carbons (Fsp3) is 0.882. The third kappa shape index (κ3) is 1.80. The Morgan fingerprint density at radius 2 is 1.90 bits per heavy atom. The van der Waals surface area contributed by atoms with Crippen molar-refractivity contribution >= 4 is 5.97 Å². The summed E-state index contributed by atoms with van der Waals surface area (Å²) in [5.74, 6) is 1.54. The van der Waals surface area contributed by atoms with E-state index < -0.39 is 5.41 Å². The molecule has 0 radical (unpaired) electrons. The summed E-state index contributed by atoms with van der Waals surface area (Å²) in [6.45, 7) is 6.90. The summed E-state index contributed by atoms with van der Waals surface area (Å²) in [7, 11) is 0. The predicted molar refractivity (Wildman–Crippen MR) is 75.6 cm³/mol. The minimum Gasteiger partial charge on any atom is -0.461 e. The molecule has 4 aliphatic rings. The van der Waals surface area contributed by atoms with Crippen LogP contribution >= 0.6 is 0 Å². The molecule has 3 nitrogen and oxygen atoms in total. The van der Waals surface area contributed by atoms with E-state index in [4.69, 9.17) is 4.74 Å². The van der Waals surface area contributed by atoms with E-state index in [1.54, 1.807) is 0 Å². The highest BCUT2D eigenvalue weighted by Gasteiger charge is 2.58. The Balaban J connectivity index is 1.68. The zero-order valence-corrected chi connectivity index (χ0v) is 12.8. The maximum atomic E-state index is 12.5. The van der Waals surface area contributed by atoms with Crippen LogP contribution in [0.5, 0.6) is 0 Å². The zero-order chi connectivity index (χ0) is 14.5. The molecule has 0 amide bonds. The van der Waals surface area contributed by atoms with Crippen LogP contribution in [0.15, 0.2) is 0 Å². The highest BCUT2D eigenvalue weighted by Crippen LogP contribution is 2.61. The van der Waals surface area contributed by atoms with E-state index >= 15 is 0 Å². The first-order valence-corrected chi connectivity index (χ1v) is 8.03. The number of hydrogen-bond acceptors (Lipinski definition) is 3. The first-order valence-electron chi connectivity index (χ1n) is 8.03. The lowest BCUT2D eigenvalue weighted by Gasteiger charge is -2.61. The topological polar surface area (TPSA) is 50.1 Å². The Morgan fingerprint density at radius 1 is 1.25 bits per heavy atom. The van der Waals surface area contributed by atoms with Crippen LogP contribution in [0.4, 0.5) is 0 Å². The summed E-state index contributed by atoms with van der Waals surface area (Å²) >= 11 is 0. The molecule has 110 valence electrons. The molecule has 4 aliphatic carbocycles. The minimum atomic E-state index is -0.836. The molecular formula is C17H25NO2. The molecule has 20 heavy (non-hydrogen) atoms. The monoisotopic (exact) mass is 275 g/mol. The number of esters is 1. The lowest BCUT2D eigenvalue weighted by atomic mass is 9.45. The van der Waals surface area contributed by atoms with Crippen molar-refractivity contribution in [1.29, 1.82) is 5.26 Å². The van der Waals surface area contributed by atoms with Gasteiger partial charge in [-0.1, -0.05) is 33.6 Å². The normalized spacial score (nSPS) is 40.5. The Labute approximate surface area is 121 Å². The number of carbonyl (C=O) groups excluding carboxylic acids is 1. The van der Waals surface area contributed by atoms with Gasteiger partial charge in [0, 0.05) is 0 Å². The van der Waals surface area contributed by atoms with Gasteiger partial charge in [0.05, 0.1) is 6.07 Å². The third-order valence-electron chi connectivity index (χ3n) is 6.60. The van der Waals surface area contributed by atoms with Crippen molar-refractivity contribution in [3.05, 3.63) is 0 Å². The second kappa shape index (κ2) is 4.48. The van der Waals surface area contributed by atoms with Gasteiger partial charge in [-0.3, -0.25) is 4.79 Å². The average molecular weight is 275 g/mol. The van der Waals surface area contributed by atoms with Gasteiger partial charge in [-0.15, -0.1) is 0 Å². The molecular weight excluding hydrogens is 250 g/mol. The maximum Gasteiger partial charge on any atom is 0.326 e. The lowest BCUT2D eigenvalue weighted by molar-refractivity contribution is -0.192. The van der Waals surface area contributed by atoms with Gasteiger partial charge in [0.2, 0.25) is 0 Å². The number of fused-ring (bicyclic) bond motifs is 2. The first-order chi connectivity index (χ1) is 9.40. The van der Waals surface area contributed by atoms with E-state index in [0.29, 0.717) is 36.0 Å². The van der Waals surface area contributed by atoms with Crippen LogP contribution < -0.4 is 0 Å². The van der Waals surface area contributed by atoms with Crippen LogP contribution in [0.1, 0.15) is 59.3 Å². The molecule has 4 rings (SSSR count). The van der Waals surface area contributed by atoms with E-state index in [0.717, 1.165) is 19.3 Å². The molecule has 4 saturated carbocycles. The van der Waals surface area contributed by atoms with Crippen LogP contribution in [0.3, 0.4) is 0 Å². The summed E-state index contributed by atoms with van der Waals surface area (Å²) in [6.07, 6.45) is 5.61. The van der Waals surface area contributed by atoms with Gasteiger partial charge in [0.15, 0.2) is 5.41 Å². The number of nitriles is 1. The van der Waals surface area contributed by atoms with E-state index in [9.17, 15) is 10.1 Å². The van der Waals surface area contributed by atoms with Crippen molar-refractivity contribution in [2.75, 3.05) is 0 Å². The van der Waals surface area contributed by atoms with Crippen LogP contribution in [0.25, 0.3) is 0 Å². The molecule has 0 aromatic heterocycles. The van der Waals surface area contributed by atoms with Crippen molar-refractivity contribution in [2.24, 2.45) is 28.6 Å². The van der Waals surface area contributed by atoms with Crippen molar-refractivity contribution in [3.63, 3.8) is 0 Å². The Morgan fingerprint density at radius 3 is 2.40 bits per heavy atom. The molecule has 4 unspecified atom stereocenters. The maximum absolute atomic E-state index is 12.5. The second-order valence-corrected chi connectivity index (χ2v) is 7.80. The molecule has 0 heterocycles. The molecule has 0 aromatic rings. The van der Waals surface area contributed by atoms with Gasteiger partial charge in [0.1, 0.15) is 6.10 Å². The van der Waals surface area contributed by atoms with E-state index in [1.807, 2.05) is 0 Å². The van der Waals surface area contributed by atoms with E-state index in [2.05, 4.69) is 26.8 Å². The molecule has 0 saturated heterocycles. The fourth-order valence-electron chi connectivity index (χ4n) is 4.85. The number of nitrogens with zero attached hydrogens (tertiary/aromatic N) is 1. The molecule has 2 bridgehead atoms. The number of ether oxygens (including phenoxy) is 1. The van der Waals surface area contributed by atoms with Crippen LogP contribution in [0.2, 0.25) is 0 Å². The Hall–Kier alpha value is -1.04. The SMILES string of the molecule is CC1C(OC(=O)C2(C#N)CCCC2)CC2CC1C2(C)C. The second-order valence-electron chi connectivity index (χ2n) is 7.80. The molecule has 4 atom stereocenters.